The summed E-state index contributed by atoms with van der Waals surface area (Å²) >= 11 is 0. The molecule has 0 bridgehead atoms. The second kappa shape index (κ2) is 5.67. The van der Waals surface area contributed by atoms with Crippen molar-refractivity contribution in [2.24, 2.45) is 5.92 Å². The number of halogens is 1. The highest BCUT2D eigenvalue weighted by atomic mass is 35.5. The molecule has 2 fully saturated rings. The lowest BCUT2D eigenvalue weighted by Gasteiger charge is -2.24. The van der Waals surface area contributed by atoms with Gasteiger partial charge in [0.2, 0.25) is 0 Å². The van der Waals surface area contributed by atoms with Crippen molar-refractivity contribution in [3.63, 3.8) is 0 Å². The first kappa shape index (κ1) is 14.2. The monoisotopic (exact) mass is 269 g/mol. The van der Waals surface area contributed by atoms with Gasteiger partial charge in [-0.05, 0) is 32.1 Å². The molecule has 0 aliphatic carbocycles. The quantitative estimate of drug-likeness (QED) is 0.811. The third-order valence-corrected chi connectivity index (χ3v) is 4.95. The fraction of sp³-hybridized carbons (Fsp3) is 1.00. The van der Waals surface area contributed by atoms with E-state index in [4.69, 9.17) is 4.74 Å². The normalized spacial score (nSPS) is 34.6. The Bertz CT molecular complexity index is 306. The zero-order chi connectivity index (χ0) is 10.9. The maximum absolute atomic E-state index is 11.2. The molecule has 0 amide bonds. The van der Waals surface area contributed by atoms with Gasteiger partial charge in [0.05, 0.1) is 18.1 Å². The molecule has 0 aromatic heterocycles. The van der Waals surface area contributed by atoms with Gasteiger partial charge < -0.3 is 4.74 Å². The van der Waals surface area contributed by atoms with Crippen LogP contribution in [0.4, 0.5) is 0 Å². The first-order chi connectivity index (χ1) is 7.05. The van der Waals surface area contributed by atoms with Crippen molar-refractivity contribution in [3.05, 3.63) is 0 Å². The minimum Gasteiger partial charge on any atom is -0.362 e. The van der Waals surface area contributed by atoms with Crippen LogP contribution in [-0.2, 0) is 14.6 Å². The topological polar surface area (TPSA) is 55.4 Å². The second-order valence-electron chi connectivity index (χ2n) is 4.72. The van der Waals surface area contributed by atoms with Gasteiger partial charge in [-0.1, -0.05) is 0 Å². The maximum atomic E-state index is 11.2. The third kappa shape index (κ3) is 3.87. The van der Waals surface area contributed by atoms with E-state index in [0.717, 1.165) is 25.9 Å². The van der Waals surface area contributed by atoms with E-state index >= 15 is 0 Å². The Kier molecular flexibility index (Phi) is 5.04. The Hall–Kier alpha value is 0.160. The SMILES string of the molecule is CC1COC(CC2CCS(=O)(=O)CC2)N1.Cl. The fourth-order valence-corrected chi connectivity index (χ4v) is 3.88. The number of hydrogen-bond acceptors (Lipinski definition) is 4. The molecule has 0 saturated carbocycles. The van der Waals surface area contributed by atoms with Crippen molar-refractivity contribution in [1.82, 2.24) is 5.32 Å². The molecule has 2 saturated heterocycles. The lowest BCUT2D eigenvalue weighted by Crippen LogP contribution is -2.32. The summed E-state index contributed by atoms with van der Waals surface area (Å²) < 4.78 is 28.0. The van der Waals surface area contributed by atoms with Crippen LogP contribution in [0.1, 0.15) is 26.2 Å². The molecule has 2 aliphatic heterocycles. The molecule has 4 nitrogen and oxygen atoms in total. The van der Waals surface area contributed by atoms with Gasteiger partial charge in [0.15, 0.2) is 0 Å². The predicted octanol–water partition coefficient (Wildman–Crippen LogP) is 0.957. The number of ether oxygens (including phenoxy) is 1. The van der Waals surface area contributed by atoms with Crippen LogP contribution in [0.3, 0.4) is 0 Å². The van der Waals surface area contributed by atoms with E-state index in [2.05, 4.69) is 12.2 Å². The summed E-state index contributed by atoms with van der Waals surface area (Å²) in [5.41, 5.74) is 0. The Morgan fingerprint density at radius 3 is 2.44 bits per heavy atom. The van der Waals surface area contributed by atoms with Crippen LogP contribution in [0.5, 0.6) is 0 Å². The summed E-state index contributed by atoms with van der Waals surface area (Å²) in [6, 6.07) is 0.433. The summed E-state index contributed by atoms with van der Waals surface area (Å²) in [5, 5.41) is 3.35. The van der Waals surface area contributed by atoms with Gasteiger partial charge in [-0.15, -0.1) is 12.4 Å². The van der Waals surface area contributed by atoms with Gasteiger partial charge >= 0.3 is 0 Å². The van der Waals surface area contributed by atoms with Crippen LogP contribution in [0.15, 0.2) is 0 Å². The largest absolute Gasteiger partial charge is 0.362 e. The highest BCUT2D eigenvalue weighted by Gasteiger charge is 2.28. The molecule has 2 atom stereocenters. The van der Waals surface area contributed by atoms with Gasteiger partial charge in [-0.25, -0.2) is 8.42 Å². The van der Waals surface area contributed by atoms with Crippen LogP contribution in [0.25, 0.3) is 0 Å². The van der Waals surface area contributed by atoms with Crippen molar-refractivity contribution in [2.75, 3.05) is 18.1 Å². The molecular formula is C10H20ClNO3S. The highest BCUT2D eigenvalue weighted by Crippen LogP contribution is 2.24. The van der Waals surface area contributed by atoms with E-state index in [-0.39, 0.29) is 18.6 Å². The van der Waals surface area contributed by atoms with E-state index in [1.54, 1.807) is 0 Å². The van der Waals surface area contributed by atoms with E-state index in [1.165, 1.54) is 0 Å². The Morgan fingerprint density at radius 1 is 1.31 bits per heavy atom. The van der Waals surface area contributed by atoms with Crippen molar-refractivity contribution in [2.45, 2.75) is 38.5 Å². The van der Waals surface area contributed by atoms with Gasteiger partial charge in [-0.2, -0.15) is 0 Å². The van der Waals surface area contributed by atoms with Crippen LogP contribution < -0.4 is 5.32 Å². The summed E-state index contributed by atoms with van der Waals surface area (Å²) in [6.07, 6.45) is 2.71. The molecule has 1 N–H and O–H groups in total. The summed E-state index contributed by atoms with van der Waals surface area (Å²) in [7, 11) is -2.72. The lowest BCUT2D eigenvalue weighted by atomic mass is 9.98. The lowest BCUT2D eigenvalue weighted by molar-refractivity contribution is 0.0773. The molecule has 0 aromatic rings. The van der Waals surface area contributed by atoms with Crippen LogP contribution in [0, 0.1) is 5.92 Å². The summed E-state index contributed by atoms with van der Waals surface area (Å²) in [5.74, 6) is 1.23. The molecule has 96 valence electrons. The zero-order valence-electron chi connectivity index (χ0n) is 9.52. The number of hydrogen-bond donors (Lipinski definition) is 1. The first-order valence-electron chi connectivity index (χ1n) is 5.63. The molecule has 6 heteroatoms. The molecular weight excluding hydrogens is 250 g/mol. The number of rotatable bonds is 2. The highest BCUT2D eigenvalue weighted by molar-refractivity contribution is 7.91. The molecule has 0 radical (unpaired) electrons. The smallest absolute Gasteiger partial charge is 0.150 e. The van der Waals surface area contributed by atoms with Gasteiger partial charge in [0.25, 0.3) is 0 Å². The molecule has 2 unspecified atom stereocenters. The van der Waals surface area contributed by atoms with E-state index in [1.807, 2.05) is 0 Å². The predicted molar refractivity (Wildman–Crippen MR) is 65.6 cm³/mol. The summed E-state index contributed by atoms with van der Waals surface area (Å²) in [4.78, 5) is 0. The van der Waals surface area contributed by atoms with Crippen molar-refractivity contribution in [1.29, 1.82) is 0 Å². The zero-order valence-corrected chi connectivity index (χ0v) is 11.1. The number of nitrogens with one attached hydrogen (secondary N) is 1. The molecule has 0 aromatic carbocycles. The average molecular weight is 270 g/mol. The fourth-order valence-electron chi connectivity index (χ4n) is 2.29. The van der Waals surface area contributed by atoms with Gasteiger partial charge in [0, 0.05) is 6.04 Å². The molecule has 2 aliphatic rings. The Labute approximate surface area is 103 Å². The third-order valence-electron chi connectivity index (χ3n) is 3.24. The van der Waals surface area contributed by atoms with Crippen molar-refractivity contribution in [3.8, 4) is 0 Å². The van der Waals surface area contributed by atoms with Crippen LogP contribution in [0.2, 0.25) is 0 Å². The first-order valence-corrected chi connectivity index (χ1v) is 7.45. The Morgan fingerprint density at radius 2 is 1.94 bits per heavy atom. The summed E-state index contributed by atoms with van der Waals surface area (Å²) in [6.45, 7) is 2.88. The van der Waals surface area contributed by atoms with Crippen LogP contribution in [-0.4, -0.2) is 38.8 Å². The second-order valence-corrected chi connectivity index (χ2v) is 7.02. The van der Waals surface area contributed by atoms with Gasteiger partial charge in [0.1, 0.15) is 16.1 Å². The molecule has 16 heavy (non-hydrogen) atoms. The van der Waals surface area contributed by atoms with E-state index in [9.17, 15) is 8.42 Å². The molecule has 2 rings (SSSR count). The van der Waals surface area contributed by atoms with E-state index in [0.29, 0.717) is 23.5 Å². The van der Waals surface area contributed by atoms with Crippen molar-refractivity contribution < 1.29 is 13.2 Å². The number of sulfone groups is 1. The van der Waals surface area contributed by atoms with Crippen LogP contribution >= 0.6 is 12.4 Å². The molecule has 0 spiro atoms. The average Bonchev–Trinajstić information content (AvgIpc) is 2.55. The van der Waals surface area contributed by atoms with Crippen molar-refractivity contribution >= 4 is 22.2 Å². The van der Waals surface area contributed by atoms with E-state index < -0.39 is 9.84 Å². The minimum atomic E-state index is -2.72. The maximum Gasteiger partial charge on any atom is 0.150 e. The molecule has 2 heterocycles. The Balaban J connectivity index is 0.00000128. The van der Waals surface area contributed by atoms with Gasteiger partial charge in [-0.3, -0.25) is 5.32 Å². The standard InChI is InChI=1S/C10H19NO3S.ClH/c1-8-7-14-10(11-8)6-9-2-4-15(12,13)5-3-9;/h8-11H,2-7H2,1H3;1H. The minimum absolute atomic E-state index is 0.